The van der Waals surface area contributed by atoms with E-state index in [4.69, 9.17) is 35.7 Å². The van der Waals surface area contributed by atoms with Crippen LogP contribution < -0.4 is 5.32 Å². The Bertz CT molecular complexity index is 635. The molecule has 2 rings (SSSR count). The molecule has 0 radical (unpaired) electrons. The van der Waals surface area contributed by atoms with Crippen molar-refractivity contribution in [2.45, 2.75) is 6.10 Å². The molecule has 0 aliphatic rings. The predicted octanol–water partition coefficient (Wildman–Crippen LogP) is 0.726. The summed E-state index contributed by atoms with van der Waals surface area (Å²) in [6, 6.07) is 9.63. The molecule has 1 unspecified atom stereocenters. The van der Waals surface area contributed by atoms with Crippen molar-refractivity contribution in [2.24, 2.45) is 0 Å². The van der Waals surface area contributed by atoms with Gasteiger partial charge in [0.15, 0.2) is 0 Å². The molecule has 140 valence electrons. The molecular formula is C12H17ClN4O8. The molecule has 0 spiro atoms. The quantitative estimate of drug-likeness (QED) is 0.372. The number of aliphatic hydroxyl groups is 2. The molecule has 0 saturated heterocycles. The SMILES string of the molecule is Cl.O=[N+]([O-])O.O=[N+]([O-])O.OCC(O)CNc1ccnc2ccccc12. The van der Waals surface area contributed by atoms with E-state index < -0.39 is 16.3 Å². The summed E-state index contributed by atoms with van der Waals surface area (Å²) in [5, 5.41) is 49.4. The molecule has 0 fully saturated rings. The minimum atomic E-state index is -1.50. The van der Waals surface area contributed by atoms with Crippen molar-refractivity contribution in [2.75, 3.05) is 18.5 Å². The largest absolute Gasteiger partial charge is 0.394 e. The van der Waals surface area contributed by atoms with Gasteiger partial charge in [0.25, 0.3) is 10.2 Å². The van der Waals surface area contributed by atoms with Gasteiger partial charge in [0.1, 0.15) is 0 Å². The summed E-state index contributed by atoms with van der Waals surface area (Å²) in [6.45, 7) is 0.0839. The van der Waals surface area contributed by atoms with Crippen LogP contribution in [0, 0.1) is 20.2 Å². The van der Waals surface area contributed by atoms with Crippen molar-refractivity contribution in [1.82, 2.24) is 4.98 Å². The summed E-state index contributed by atoms with van der Waals surface area (Å²) >= 11 is 0. The number of halogens is 1. The molecule has 0 amide bonds. The fourth-order valence-corrected chi connectivity index (χ4v) is 1.54. The van der Waals surface area contributed by atoms with Crippen molar-refractivity contribution in [3.8, 4) is 0 Å². The van der Waals surface area contributed by atoms with Crippen LogP contribution in [0.15, 0.2) is 36.5 Å². The molecule has 13 heteroatoms. The van der Waals surface area contributed by atoms with Gasteiger partial charge in [0.2, 0.25) is 0 Å². The third kappa shape index (κ3) is 12.2. The topological polar surface area (TPSA) is 192 Å². The van der Waals surface area contributed by atoms with Gasteiger partial charge in [0, 0.05) is 23.8 Å². The first-order valence-electron chi connectivity index (χ1n) is 6.31. The van der Waals surface area contributed by atoms with E-state index in [0.29, 0.717) is 6.54 Å². The van der Waals surface area contributed by atoms with E-state index in [9.17, 15) is 5.11 Å². The highest BCUT2D eigenvalue weighted by atomic mass is 35.5. The summed E-state index contributed by atoms with van der Waals surface area (Å²) < 4.78 is 0. The normalized spacial score (nSPS) is 10.0. The Morgan fingerprint density at radius 1 is 1.12 bits per heavy atom. The first kappa shape index (κ1) is 24.3. The number of fused-ring (bicyclic) bond motifs is 1. The number of para-hydroxylation sites is 1. The first-order valence-corrected chi connectivity index (χ1v) is 6.31. The van der Waals surface area contributed by atoms with E-state index in [-0.39, 0.29) is 19.0 Å². The summed E-state index contributed by atoms with van der Waals surface area (Å²) in [4.78, 5) is 21.0. The van der Waals surface area contributed by atoms with Crippen LogP contribution in [-0.2, 0) is 0 Å². The molecule has 12 nitrogen and oxygen atoms in total. The van der Waals surface area contributed by atoms with Gasteiger partial charge in [-0.05, 0) is 12.1 Å². The second-order valence-electron chi connectivity index (χ2n) is 4.07. The lowest BCUT2D eigenvalue weighted by atomic mass is 10.2. The Balaban J connectivity index is 0. The Hall–Kier alpha value is -2.96. The predicted molar refractivity (Wildman–Crippen MR) is 88.1 cm³/mol. The van der Waals surface area contributed by atoms with E-state index in [1.165, 1.54) is 0 Å². The maximum Gasteiger partial charge on any atom is 0.291 e. The summed E-state index contributed by atoms with van der Waals surface area (Å²) in [5.41, 5.74) is 1.82. The van der Waals surface area contributed by atoms with Crippen LogP contribution in [0.4, 0.5) is 5.69 Å². The van der Waals surface area contributed by atoms with Crippen LogP contribution in [0.25, 0.3) is 10.9 Å². The molecule has 1 aromatic carbocycles. The van der Waals surface area contributed by atoms with Crippen molar-refractivity contribution < 1.29 is 30.8 Å². The van der Waals surface area contributed by atoms with Gasteiger partial charge >= 0.3 is 0 Å². The number of hydrogen-bond acceptors (Lipinski definition) is 8. The average molecular weight is 381 g/mol. The van der Waals surface area contributed by atoms with Crippen molar-refractivity contribution in [3.63, 3.8) is 0 Å². The smallest absolute Gasteiger partial charge is 0.291 e. The molecule has 2 aromatic rings. The van der Waals surface area contributed by atoms with Crippen LogP contribution in [-0.4, -0.2) is 55.0 Å². The van der Waals surface area contributed by atoms with Crippen LogP contribution in [0.5, 0.6) is 0 Å². The van der Waals surface area contributed by atoms with Crippen LogP contribution in [0.2, 0.25) is 0 Å². The zero-order valence-electron chi connectivity index (χ0n) is 12.6. The fourth-order valence-electron chi connectivity index (χ4n) is 1.54. The van der Waals surface area contributed by atoms with Gasteiger partial charge in [-0.25, -0.2) is 0 Å². The number of benzene rings is 1. The van der Waals surface area contributed by atoms with Gasteiger partial charge in [-0.1, -0.05) is 18.2 Å². The monoisotopic (exact) mass is 380 g/mol. The van der Waals surface area contributed by atoms with Crippen LogP contribution in [0.1, 0.15) is 0 Å². The Morgan fingerprint density at radius 2 is 1.64 bits per heavy atom. The van der Waals surface area contributed by atoms with E-state index in [0.717, 1.165) is 16.6 Å². The van der Waals surface area contributed by atoms with Gasteiger partial charge in [-0.15, -0.1) is 32.6 Å². The number of hydrogen-bond donors (Lipinski definition) is 5. The van der Waals surface area contributed by atoms with Crippen LogP contribution in [0.3, 0.4) is 0 Å². The standard InChI is InChI=1S/C12H14N2O2.ClH.2HNO3/c15-8-9(16)7-14-12-5-6-13-11-4-2-1-3-10(11)12;;2*2-1(3)4/h1-6,9,15-16H,7-8H2,(H,13,14);1H;2*(H,2,3,4). The van der Waals surface area contributed by atoms with E-state index in [1.807, 2.05) is 30.3 Å². The number of anilines is 1. The second-order valence-corrected chi connectivity index (χ2v) is 4.07. The molecule has 5 N–H and O–H groups in total. The molecular weight excluding hydrogens is 364 g/mol. The maximum absolute atomic E-state index is 9.26. The molecule has 0 bridgehead atoms. The van der Waals surface area contributed by atoms with E-state index in [1.54, 1.807) is 6.20 Å². The van der Waals surface area contributed by atoms with E-state index >= 15 is 0 Å². The van der Waals surface area contributed by atoms with Crippen molar-refractivity contribution in [3.05, 3.63) is 56.8 Å². The highest BCUT2D eigenvalue weighted by Crippen LogP contribution is 2.20. The van der Waals surface area contributed by atoms with E-state index in [2.05, 4.69) is 10.3 Å². The number of pyridine rings is 1. The third-order valence-electron chi connectivity index (χ3n) is 2.39. The Kier molecular flexibility index (Phi) is 13.1. The average Bonchev–Trinajstić information content (AvgIpc) is 2.51. The third-order valence-corrected chi connectivity index (χ3v) is 2.39. The number of nitrogens with zero attached hydrogens (tertiary/aromatic N) is 3. The Morgan fingerprint density at radius 3 is 2.16 bits per heavy atom. The highest BCUT2D eigenvalue weighted by molar-refractivity contribution is 5.90. The maximum atomic E-state index is 9.26. The molecule has 0 aliphatic heterocycles. The zero-order valence-corrected chi connectivity index (χ0v) is 13.4. The fraction of sp³-hybridized carbons (Fsp3) is 0.250. The second kappa shape index (κ2) is 13.5. The van der Waals surface area contributed by atoms with Gasteiger partial charge in [-0.3, -0.25) is 4.98 Å². The summed E-state index contributed by atoms with van der Waals surface area (Å²) in [7, 11) is 0. The summed E-state index contributed by atoms with van der Waals surface area (Å²) in [5.74, 6) is 0. The van der Waals surface area contributed by atoms with Crippen molar-refractivity contribution in [1.29, 1.82) is 0 Å². The molecule has 25 heavy (non-hydrogen) atoms. The lowest BCUT2D eigenvalue weighted by Crippen LogP contribution is -2.23. The molecule has 0 saturated carbocycles. The lowest BCUT2D eigenvalue weighted by Gasteiger charge is -2.11. The lowest BCUT2D eigenvalue weighted by molar-refractivity contribution is -0.742. The summed E-state index contributed by atoms with van der Waals surface area (Å²) in [6.07, 6.45) is 0.975. The van der Waals surface area contributed by atoms with Crippen LogP contribution >= 0.6 is 12.4 Å². The number of nitrogens with one attached hydrogen (secondary N) is 1. The Labute approximate surface area is 147 Å². The minimum Gasteiger partial charge on any atom is -0.394 e. The number of aliphatic hydroxyl groups excluding tert-OH is 2. The molecule has 0 aliphatic carbocycles. The number of aromatic nitrogens is 1. The zero-order chi connectivity index (χ0) is 18.5. The molecule has 1 atom stereocenters. The molecule has 1 aromatic heterocycles. The highest BCUT2D eigenvalue weighted by Gasteiger charge is 2.04. The van der Waals surface area contributed by atoms with Gasteiger partial charge in [-0.2, -0.15) is 0 Å². The molecule has 1 heterocycles. The van der Waals surface area contributed by atoms with Gasteiger partial charge in [0.05, 0.1) is 18.2 Å². The first-order chi connectivity index (χ1) is 11.3. The van der Waals surface area contributed by atoms with Crippen molar-refractivity contribution >= 4 is 29.0 Å². The minimum absolute atomic E-state index is 0. The number of rotatable bonds is 4. The van der Waals surface area contributed by atoms with Gasteiger partial charge < -0.3 is 25.9 Å².